The van der Waals surface area contributed by atoms with Crippen molar-refractivity contribution in [2.45, 2.75) is 26.8 Å². The molecule has 1 heterocycles. The van der Waals surface area contributed by atoms with Gasteiger partial charge in [-0.1, -0.05) is 13.8 Å². The van der Waals surface area contributed by atoms with E-state index >= 15 is 0 Å². The topological polar surface area (TPSA) is 61.0 Å². The summed E-state index contributed by atoms with van der Waals surface area (Å²) in [4.78, 5) is 9.87. The molecule has 5 heteroatoms. The maximum Gasteiger partial charge on any atom is 0.306 e. The molecule has 1 aromatic rings. The van der Waals surface area contributed by atoms with E-state index < -0.39 is 4.92 Å². The zero-order chi connectivity index (χ0) is 9.84. The van der Waals surface area contributed by atoms with Crippen molar-refractivity contribution in [1.82, 2.24) is 9.78 Å². The molecule has 0 amide bonds. The summed E-state index contributed by atoms with van der Waals surface area (Å²) >= 11 is 0. The van der Waals surface area contributed by atoms with Gasteiger partial charge >= 0.3 is 5.69 Å². The third kappa shape index (κ3) is 2.85. The lowest BCUT2D eigenvalue weighted by atomic mass is 10.1. The molecule has 5 nitrogen and oxygen atoms in total. The van der Waals surface area contributed by atoms with E-state index in [-0.39, 0.29) is 5.69 Å². The fourth-order valence-corrected chi connectivity index (χ4v) is 0.960. The molecule has 0 fully saturated rings. The van der Waals surface area contributed by atoms with Gasteiger partial charge in [-0.25, -0.2) is 0 Å². The highest BCUT2D eigenvalue weighted by atomic mass is 16.6. The minimum atomic E-state index is -0.432. The molecule has 0 radical (unpaired) electrons. The fraction of sp³-hybridized carbons (Fsp3) is 0.625. The van der Waals surface area contributed by atoms with Gasteiger partial charge in [0.25, 0.3) is 0 Å². The molecule has 1 rings (SSSR count). The molecule has 0 aliphatic carbocycles. The van der Waals surface area contributed by atoms with E-state index in [1.807, 2.05) is 0 Å². The predicted octanol–water partition coefficient (Wildman–Crippen LogP) is 1.84. The smallest absolute Gasteiger partial charge is 0.266 e. The molecule has 0 atom stereocenters. The van der Waals surface area contributed by atoms with E-state index in [2.05, 4.69) is 18.9 Å². The van der Waals surface area contributed by atoms with Crippen molar-refractivity contribution in [2.24, 2.45) is 5.92 Å². The lowest BCUT2D eigenvalue weighted by molar-refractivity contribution is -0.385. The van der Waals surface area contributed by atoms with Crippen LogP contribution in [0.25, 0.3) is 0 Å². The van der Waals surface area contributed by atoms with Crippen LogP contribution < -0.4 is 0 Å². The first-order chi connectivity index (χ1) is 6.09. The third-order valence-electron chi connectivity index (χ3n) is 1.77. The number of rotatable bonds is 4. The van der Waals surface area contributed by atoms with E-state index in [0.717, 1.165) is 13.0 Å². The van der Waals surface area contributed by atoms with E-state index in [0.29, 0.717) is 5.92 Å². The van der Waals surface area contributed by atoms with Gasteiger partial charge in [0.05, 0.1) is 4.92 Å². The second kappa shape index (κ2) is 4.02. The maximum absolute atomic E-state index is 10.3. The second-order valence-electron chi connectivity index (χ2n) is 3.40. The van der Waals surface area contributed by atoms with Gasteiger partial charge < -0.3 is 0 Å². The van der Waals surface area contributed by atoms with Crippen LogP contribution in [0.15, 0.2) is 12.4 Å². The monoisotopic (exact) mass is 183 g/mol. The zero-order valence-electron chi connectivity index (χ0n) is 7.80. The summed E-state index contributed by atoms with van der Waals surface area (Å²) in [6, 6.07) is 0. The van der Waals surface area contributed by atoms with Crippen molar-refractivity contribution in [2.75, 3.05) is 0 Å². The Morgan fingerprint density at radius 3 is 2.85 bits per heavy atom. The summed E-state index contributed by atoms with van der Waals surface area (Å²) in [6.45, 7) is 4.96. The summed E-state index contributed by atoms with van der Waals surface area (Å²) in [7, 11) is 0. The van der Waals surface area contributed by atoms with Crippen LogP contribution in [0.4, 0.5) is 5.69 Å². The van der Waals surface area contributed by atoms with Crippen molar-refractivity contribution in [1.29, 1.82) is 0 Å². The summed E-state index contributed by atoms with van der Waals surface area (Å²) < 4.78 is 1.61. The molecular formula is C8H13N3O2. The van der Waals surface area contributed by atoms with Crippen LogP contribution in [0, 0.1) is 16.0 Å². The van der Waals surface area contributed by atoms with Gasteiger partial charge in [0, 0.05) is 6.54 Å². The molecule has 0 spiro atoms. The van der Waals surface area contributed by atoms with Crippen molar-refractivity contribution >= 4 is 5.69 Å². The van der Waals surface area contributed by atoms with Crippen molar-refractivity contribution in [3.63, 3.8) is 0 Å². The first-order valence-corrected chi connectivity index (χ1v) is 4.26. The van der Waals surface area contributed by atoms with Gasteiger partial charge in [-0.05, 0) is 12.3 Å². The number of aromatic nitrogens is 2. The standard InChI is InChI=1S/C8H13N3O2/c1-7(2)3-4-10-6-8(5-9-10)11(12)13/h5-7H,3-4H2,1-2H3. The van der Waals surface area contributed by atoms with Crippen LogP contribution in [0.3, 0.4) is 0 Å². The average Bonchev–Trinajstić information content (AvgIpc) is 2.48. The maximum atomic E-state index is 10.3. The van der Waals surface area contributed by atoms with Crippen LogP contribution in [-0.4, -0.2) is 14.7 Å². The van der Waals surface area contributed by atoms with Crippen LogP contribution in [0.2, 0.25) is 0 Å². The van der Waals surface area contributed by atoms with Gasteiger partial charge in [0.15, 0.2) is 0 Å². The van der Waals surface area contributed by atoms with Crippen molar-refractivity contribution < 1.29 is 4.92 Å². The summed E-state index contributed by atoms with van der Waals surface area (Å²) in [5.74, 6) is 0.586. The van der Waals surface area contributed by atoms with Gasteiger partial charge in [0.1, 0.15) is 12.4 Å². The summed E-state index contributed by atoms with van der Waals surface area (Å²) in [5.41, 5.74) is 0.0590. The quantitative estimate of drug-likeness (QED) is 0.528. The van der Waals surface area contributed by atoms with E-state index in [4.69, 9.17) is 0 Å². The molecule has 0 saturated carbocycles. The molecule has 0 aliphatic rings. The van der Waals surface area contributed by atoms with Crippen LogP contribution in [-0.2, 0) is 6.54 Å². The van der Waals surface area contributed by atoms with Crippen molar-refractivity contribution in [3.8, 4) is 0 Å². The Morgan fingerprint density at radius 2 is 2.38 bits per heavy atom. The molecule has 0 unspecified atom stereocenters. The van der Waals surface area contributed by atoms with E-state index in [1.165, 1.54) is 12.4 Å². The molecule has 1 aromatic heterocycles. The lowest BCUT2D eigenvalue weighted by Crippen LogP contribution is -2.01. The highest BCUT2D eigenvalue weighted by Crippen LogP contribution is 2.09. The molecule has 0 saturated heterocycles. The first kappa shape index (κ1) is 9.70. The highest BCUT2D eigenvalue weighted by Gasteiger charge is 2.08. The molecule has 13 heavy (non-hydrogen) atoms. The largest absolute Gasteiger partial charge is 0.306 e. The van der Waals surface area contributed by atoms with Crippen LogP contribution >= 0.6 is 0 Å². The Morgan fingerprint density at radius 1 is 1.69 bits per heavy atom. The SMILES string of the molecule is CC(C)CCn1cc([N+](=O)[O-])cn1. The minimum Gasteiger partial charge on any atom is -0.266 e. The number of hydrogen-bond donors (Lipinski definition) is 0. The summed E-state index contributed by atoms with van der Waals surface area (Å²) in [6.07, 6.45) is 3.72. The number of nitrogens with zero attached hydrogens (tertiary/aromatic N) is 3. The van der Waals surface area contributed by atoms with Gasteiger partial charge in [0.2, 0.25) is 0 Å². The molecule has 0 N–H and O–H groups in total. The third-order valence-corrected chi connectivity index (χ3v) is 1.77. The Bertz CT molecular complexity index is 293. The Kier molecular flexibility index (Phi) is 3.00. The lowest BCUT2D eigenvalue weighted by Gasteiger charge is -2.02. The fourth-order valence-electron chi connectivity index (χ4n) is 0.960. The van der Waals surface area contributed by atoms with Gasteiger partial charge in [-0.15, -0.1) is 0 Å². The Balaban J connectivity index is 2.54. The van der Waals surface area contributed by atoms with E-state index in [1.54, 1.807) is 4.68 Å². The van der Waals surface area contributed by atoms with Crippen LogP contribution in [0.1, 0.15) is 20.3 Å². The molecule has 72 valence electrons. The highest BCUT2D eigenvalue weighted by molar-refractivity contribution is 5.20. The predicted molar refractivity (Wildman–Crippen MR) is 48.3 cm³/mol. The Labute approximate surface area is 76.5 Å². The first-order valence-electron chi connectivity index (χ1n) is 4.26. The van der Waals surface area contributed by atoms with Crippen LogP contribution in [0.5, 0.6) is 0 Å². The molecule has 0 bridgehead atoms. The Hall–Kier alpha value is -1.39. The zero-order valence-corrected chi connectivity index (χ0v) is 7.80. The minimum absolute atomic E-state index is 0.0590. The summed E-state index contributed by atoms with van der Waals surface area (Å²) in [5, 5.41) is 14.2. The van der Waals surface area contributed by atoms with Gasteiger partial charge in [-0.2, -0.15) is 5.10 Å². The number of aryl methyl sites for hydroxylation is 1. The second-order valence-corrected chi connectivity index (χ2v) is 3.40. The normalized spacial score (nSPS) is 10.7. The average molecular weight is 183 g/mol. The van der Waals surface area contributed by atoms with Gasteiger partial charge in [-0.3, -0.25) is 14.8 Å². The number of nitro groups is 1. The van der Waals surface area contributed by atoms with Crippen molar-refractivity contribution in [3.05, 3.63) is 22.5 Å². The molecular weight excluding hydrogens is 170 g/mol. The molecule has 0 aromatic carbocycles. The number of hydrogen-bond acceptors (Lipinski definition) is 3. The molecule has 0 aliphatic heterocycles. The van der Waals surface area contributed by atoms with E-state index in [9.17, 15) is 10.1 Å².